The van der Waals surface area contributed by atoms with E-state index in [1.165, 1.54) is 7.05 Å². The number of ether oxygens (including phenoxy) is 1. The maximum absolute atomic E-state index is 11.0. The molecule has 2 rings (SSSR count). The van der Waals surface area contributed by atoms with Gasteiger partial charge in [-0.2, -0.15) is 0 Å². The zero-order valence-corrected chi connectivity index (χ0v) is 15.2. The fourth-order valence-electron chi connectivity index (χ4n) is 1.97. The van der Waals surface area contributed by atoms with Crippen LogP contribution in [0, 0.1) is 0 Å². The van der Waals surface area contributed by atoms with Gasteiger partial charge in [0.15, 0.2) is 0 Å². The number of benzene rings is 1. The Kier molecular flexibility index (Phi) is 6.65. The lowest BCUT2D eigenvalue weighted by Gasteiger charge is -2.32. The van der Waals surface area contributed by atoms with Gasteiger partial charge >= 0.3 is 13.2 Å². The fourth-order valence-corrected chi connectivity index (χ4v) is 1.97. The van der Waals surface area contributed by atoms with Crippen LogP contribution in [0.2, 0.25) is 0 Å². The van der Waals surface area contributed by atoms with Crippen LogP contribution in [0.5, 0.6) is 0 Å². The van der Waals surface area contributed by atoms with E-state index in [0.29, 0.717) is 0 Å². The predicted molar refractivity (Wildman–Crippen MR) is 92.8 cm³/mol. The number of nitrogens with one attached hydrogen (secondary N) is 1. The van der Waals surface area contributed by atoms with Crippen LogP contribution in [-0.2, 0) is 20.7 Å². The minimum atomic E-state index is -0.440. The van der Waals surface area contributed by atoms with E-state index in [1.54, 1.807) is 0 Å². The van der Waals surface area contributed by atoms with Gasteiger partial charge < -0.3 is 19.4 Å². The molecule has 1 aromatic carbocycles. The molecule has 1 aromatic rings. The molecule has 1 heterocycles. The van der Waals surface area contributed by atoms with Crippen molar-refractivity contribution in [2.75, 3.05) is 7.05 Å². The Hall–Kier alpha value is -1.53. The van der Waals surface area contributed by atoms with Crippen LogP contribution in [0.1, 0.15) is 47.1 Å². The number of hydrogen-bond acceptors (Lipinski definition) is 4. The van der Waals surface area contributed by atoms with Crippen molar-refractivity contribution in [1.29, 1.82) is 0 Å². The molecule has 0 bridgehead atoms. The fraction of sp³-hybridized carbons (Fsp3) is 0.588. The van der Waals surface area contributed by atoms with Gasteiger partial charge in [0.25, 0.3) is 0 Å². The predicted octanol–water partition coefficient (Wildman–Crippen LogP) is 2.87. The zero-order valence-electron chi connectivity index (χ0n) is 15.2. The van der Waals surface area contributed by atoms with E-state index in [0.717, 1.165) is 11.0 Å². The highest BCUT2D eigenvalue weighted by molar-refractivity contribution is 6.62. The molecule has 128 valence electrons. The average Bonchev–Trinajstić information content (AvgIpc) is 2.75. The maximum atomic E-state index is 11.0. The molecular weight excluding hydrogens is 293 g/mol. The highest BCUT2D eigenvalue weighted by atomic mass is 16.7. The third-order valence-electron chi connectivity index (χ3n) is 4.08. The third-order valence-corrected chi connectivity index (χ3v) is 4.08. The number of amides is 1. The molecule has 0 unspecified atom stereocenters. The summed E-state index contributed by atoms with van der Waals surface area (Å²) in [5.41, 5.74) is 1.17. The summed E-state index contributed by atoms with van der Waals surface area (Å²) in [5, 5.41) is 2.41. The Bertz CT molecular complexity index is 498. The van der Waals surface area contributed by atoms with Crippen molar-refractivity contribution in [2.45, 2.75) is 59.4 Å². The molecule has 23 heavy (non-hydrogen) atoms. The highest BCUT2D eigenvalue weighted by Gasteiger charge is 2.51. The molecule has 1 saturated heterocycles. The van der Waals surface area contributed by atoms with Crippen molar-refractivity contribution in [3.63, 3.8) is 0 Å². The lowest BCUT2D eigenvalue weighted by Crippen LogP contribution is -2.41. The first-order valence-corrected chi connectivity index (χ1v) is 8.04. The van der Waals surface area contributed by atoms with Crippen molar-refractivity contribution in [3.8, 4) is 0 Å². The van der Waals surface area contributed by atoms with E-state index < -0.39 is 6.09 Å². The zero-order chi connectivity index (χ0) is 17.7. The molecule has 5 nitrogen and oxygen atoms in total. The van der Waals surface area contributed by atoms with Crippen LogP contribution >= 0.6 is 0 Å². The van der Waals surface area contributed by atoms with Crippen LogP contribution in [0.25, 0.3) is 0 Å². The summed E-state index contributed by atoms with van der Waals surface area (Å²) < 4.78 is 17.0. The molecule has 1 amide bonds. The summed E-state index contributed by atoms with van der Waals surface area (Å²) in [6.07, 6.45) is -0.440. The first kappa shape index (κ1) is 19.5. The maximum Gasteiger partial charge on any atom is 0.494 e. The summed E-state index contributed by atoms with van der Waals surface area (Å²) in [7, 11) is 1.16. The second kappa shape index (κ2) is 7.84. The Morgan fingerprint density at radius 2 is 1.57 bits per heavy atom. The van der Waals surface area contributed by atoms with E-state index in [9.17, 15) is 4.79 Å². The SMILES string of the molecule is CC.CNC(=O)OCc1ccc(B2OC(C)(C)C(C)(C)O2)cc1. The molecule has 1 aliphatic heterocycles. The first-order chi connectivity index (χ1) is 10.7. The standard InChI is InChI=1S/C15H22BNO4.C2H6/c1-14(2)15(3,4)21-16(20-14)12-8-6-11(7-9-12)10-19-13(18)17-5;1-2/h6-9H,10H2,1-5H3,(H,17,18);1-2H3. The average molecular weight is 321 g/mol. The Morgan fingerprint density at radius 1 is 1.09 bits per heavy atom. The van der Waals surface area contributed by atoms with Crippen molar-refractivity contribution in [2.24, 2.45) is 0 Å². The first-order valence-electron chi connectivity index (χ1n) is 8.04. The van der Waals surface area contributed by atoms with Crippen LogP contribution in [0.3, 0.4) is 0 Å². The smallest absolute Gasteiger partial charge is 0.445 e. The van der Waals surface area contributed by atoms with E-state index in [4.69, 9.17) is 14.0 Å². The summed E-state index contributed by atoms with van der Waals surface area (Å²) in [6, 6.07) is 7.68. The van der Waals surface area contributed by atoms with Gasteiger partial charge in [-0.1, -0.05) is 38.1 Å². The number of carbonyl (C=O) groups is 1. The van der Waals surface area contributed by atoms with Gasteiger partial charge in [0, 0.05) is 7.05 Å². The van der Waals surface area contributed by atoms with Crippen LogP contribution in [-0.4, -0.2) is 31.5 Å². The molecule has 0 saturated carbocycles. The molecule has 0 spiro atoms. The monoisotopic (exact) mass is 321 g/mol. The van der Waals surface area contributed by atoms with Gasteiger partial charge in [-0.05, 0) is 38.7 Å². The lowest BCUT2D eigenvalue weighted by molar-refractivity contribution is 0.00578. The van der Waals surface area contributed by atoms with E-state index in [1.807, 2.05) is 65.8 Å². The number of rotatable bonds is 3. The second-order valence-corrected chi connectivity index (χ2v) is 6.16. The van der Waals surface area contributed by atoms with Crippen molar-refractivity contribution < 1.29 is 18.8 Å². The minimum Gasteiger partial charge on any atom is -0.445 e. The van der Waals surface area contributed by atoms with Gasteiger partial charge in [0.1, 0.15) is 6.61 Å². The largest absolute Gasteiger partial charge is 0.494 e. The Labute approximate surface area is 139 Å². The summed E-state index contributed by atoms with van der Waals surface area (Å²) >= 11 is 0. The quantitative estimate of drug-likeness (QED) is 0.870. The van der Waals surface area contributed by atoms with Crippen LogP contribution < -0.4 is 10.8 Å². The van der Waals surface area contributed by atoms with E-state index in [-0.39, 0.29) is 24.9 Å². The number of carbonyl (C=O) groups excluding carboxylic acids is 1. The molecule has 0 radical (unpaired) electrons. The molecular formula is C17H28BNO4. The van der Waals surface area contributed by atoms with Gasteiger partial charge in [-0.15, -0.1) is 0 Å². The van der Waals surface area contributed by atoms with Gasteiger partial charge in [0.2, 0.25) is 0 Å². The third kappa shape index (κ3) is 4.72. The van der Waals surface area contributed by atoms with Crippen molar-refractivity contribution in [1.82, 2.24) is 5.32 Å². The van der Waals surface area contributed by atoms with Crippen LogP contribution in [0.4, 0.5) is 4.79 Å². The molecule has 1 fully saturated rings. The Balaban J connectivity index is 0.00000127. The molecule has 0 atom stereocenters. The van der Waals surface area contributed by atoms with Gasteiger partial charge in [-0.3, -0.25) is 0 Å². The molecule has 0 aliphatic carbocycles. The topological polar surface area (TPSA) is 56.8 Å². The van der Waals surface area contributed by atoms with Crippen molar-refractivity contribution >= 4 is 18.7 Å². The summed E-state index contributed by atoms with van der Waals surface area (Å²) in [6.45, 7) is 12.3. The molecule has 0 aromatic heterocycles. The number of hydrogen-bond donors (Lipinski definition) is 1. The number of alkyl carbamates (subject to hydrolysis) is 1. The minimum absolute atomic E-state index is 0.239. The second-order valence-electron chi connectivity index (χ2n) is 6.16. The lowest BCUT2D eigenvalue weighted by atomic mass is 9.79. The normalized spacial score (nSPS) is 18.0. The van der Waals surface area contributed by atoms with Crippen LogP contribution in [0.15, 0.2) is 24.3 Å². The van der Waals surface area contributed by atoms with Gasteiger partial charge in [-0.25, -0.2) is 4.79 Å². The summed E-state index contributed by atoms with van der Waals surface area (Å²) in [5.74, 6) is 0. The molecule has 1 aliphatic rings. The van der Waals surface area contributed by atoms with E-state index >= 15 is 0 Å². The Morgan fingerprint density at radius 3 is 2.00 bits per heavy atom. The highest BCUT2D eigenvalue weighted by Crippen LogP contribution is 2.36. The molecule has 6 heteroatoms. The summed E-state index contributed by atoms with van der Waals surface area (Å²) in [4.78, 5) is 11.0. The van der Waals surface area contributed by atoms with Crippen molar-refractivity contribution in [3.05, 3.63) is 29.8 Å². The molecule has 1 N–H and O–H groups in total. The van der Waals surface area contributed by atoms with E-state index in [2.05, 4.69) is 5.32 Å². The van der Waals surface area contributed by atoms with Gasteiger partial charge in [0.05, 0.1) is 11.2 Å².